The molecule has 0 saturated heterocycles. The molecule has 2 atom stereocenters. The van der Waals surface area contributed by atoms with Gasteiger partial charge in [-0.25, -0.2) is 0 Å². The van der Waals surface area contributed by atoms with Crippen LogP contribution in [-0.2, 0) is 0 Å². The van der Waals surface area contributed by atoms with E-state index in [0.29, 0.717) is 5.25 Å². The van der Waals surface area contributed by atoms with Crippen LogP contribution in [0.15, 0.2) is 35.7 Å². The van der Waals surface area contributed by atoms with Crippen molar-refractivity contribution in [1.82, 2.24) is 0 Å². The molecule has 0 N–H and O–H groups in total. The fourth-order valence-corrected chi connectivity index (χ4v) is 4.20. The lowest BCUT2D eigenvalue weighted by Crippen LogP contribution is -2.05. The maximum Gasteiger partial charge on any atom is 0.0411 e. The van der Waals surface area contributed by atoms with Crippen LogP contribution in [0.3, 0.4) is 0 Å². The van der Waals surface area contributed by atoms with Gasteiger partial charge in [-0.15, -0.1) is 11.8 Å². The van der Waals surface area contributed by atoms with Crippen molar-refractivity contribution < 1.29 is 0 Å². The number of benzene rings is 1. The summed E-state index contributed by atoms with van der Waals surface area (Å²) in [7, 11) is 0. The first-order valence-electron chi connectivity index (χ1n) is 5.39. The molecule has 0 amide bonds. The predicted octanol–water partition coefficient (Wildman–Crippen LogP) is 5.01. The van der Waals surface area contributed by atoms with Crippen molar-refractivity contribution in [3.05, 3.63) is 44.9 Å². The van der Waals surface area contributed by atoms with Crippen LogP contribution in [0.25, 0.3) is 0 Å². The molecule has 1 aliphatic rings. The Hall–Kier alpha value is 0.0400. The summed E-state index contributed by atoms with van der Waals surface area (Å²) in [4.78, 5) is 0. The molecule has 1 aliphatic heterocycles. The second-order valence-electron chi connectivity index (χ2n) is 3.86. The van der Waals surface area contributed by atoms with Gasteiger partial charge in [0.1, 0.15) is 0 Å². The van der Waals surface area contributed by atoms with Crippen LogP contribution in [0.1, 0.15) is 30.6 Å². The number of allylic oxidation sites excluding steroid dienone is 1. The Morgan fingerprint density at radius 3 is 2.87 bits per heavy atom. The van der Waals surface area contributed by atoms with Gasteiger partial charge in [-0.2, -0.15) is 0 Å². The van der Waals surface area contributed by atoms with E-state index in [1.165, 1.54) is 22.0 Å². The summed E-state index contributed by atoms with van der Waals surface area (Å²) in [5.74, 6) is 0.732. The lowest BCUT2D eigenvalue weighted by atomic mass is 9.95. The number of rotatable bonds is 3. The largest absolute Gasteiger partial charge is 0.126 e. The van der Waals surface area contributed by atoms with Crippen LogP contribution in [0.2, 0.25) is 0 Å². The summed E-state index contributed by atoms with van der Waals surface area (Å²) < 4.78 is 1.40. The van der Waals surface area contributed by atoms with Gasteiger partial charge in [-0.05, 0) is 52.0 Å². The van der Waals surface area contributed by atoms with Crippen LogP contribution in [-0.4, -0.2) is 0 Å². The van der Waals surface area contributed by atoms with Crippen molar-refractivity contribution >= 4 is 34.4 Å². The molecule has 0 aliphatic carbocycles. The Labute approximate surface area is 110 Å². The third-order valence-corrected chi connectivity index (χ3v) is 4.97. The molecule has 2 rings (SSSR count). The predicted molar refractivity (Wildman–Crippen MR) is 77.0 cm³/mol. The average Bonchev–Trinajstić information content (AvgIpc) is 2.67. The highest BCUT2D eigenvalue weighted by atomic mass is 127. The number of halogens is 1. The summed E-state index contributed by atoms with van der Waals surface area (Å²) >= 11 is 4.42. The molecule has 0 saturated carbocycles. The maximum atomic E-state index is 2.45. The lowest BCUT2D eigenvalue weighted by molar-refractivity contribution is 0.574. The second-order valence-corrected chi connectivity index (χ2v) is 6.07. The first kappa shape index (κ1) is 11.5. The Morgan fingerprint density at radius 1 is 1.33 bits per heavy atom. The Bertz CT molecular complexity index is 359. The standard InChI is InChI=1S/C13H15IS/c1-2-5-10-8-9-15-13(10)11-6-3-4-7-12(11)14/h3-4,6-10,13H,2,5H2,1H3. The Morgan fingerprint density at radius 2 is 2.13 bits per heavy atom. The van der Waals surface area contributed by atoms with Gasteiger partial charge in [0.2, 0.25) is 0 Å². The Balaban J connectivity index is 2.21. The van der Waals surface area contributed by atoms with Crippen molar-refractivity contribution in [3.8, 4) is 0 Å². The Kier molecular flexibility index (Phi) is 4.14. The smallest absolute Gasteiger partial charge is 0.0411 e. The zero-order valence-corrected chi connectivity index (χ0v) is 11.8. The highest BCUT2D eigenvalue weighted by molar-refractivity contribution is 14.1. The summed E-state index contributed by atoms with van der Waals surface area (Å²) in [6, 6.07) is 8.75. The van der Waals surface area contributed by atoms with Gasteiger partial charge in [0.15, 0.2) is 0 Å². The third kappa shape index (κ3) is 2.59. The summed E-state index contributed by atoms with van der Waals surface area (Å²) in [6.45, 7) is 2.27. The van der Waals surface area contributed by atoms with E-state index in [-0.39, 0.29) is 0 Å². The van der Waals surface area contributed by atoms with Gasteiger partial charge in [-0.3, -0.25) is 0 Å². The molecule has 1 aromatic rings. The van der Waals surface area contributed by atoms with E-state index >= 15 is 0 Å². The van der Waals surface area contributed by atoms with Crippen molar-refractivity contribution in [2.75, 3.05) is 0 Å². The molecule has 2 unspecified atom stereocenters. The molecule has 0 spiro atoms. The molecule has 1 aromatic carbocycles. The zero-order chi connectivity index (χ0) is 10.7. The number of hydrogen-bond donors (Lipinski definition) is 0. The monoisotopic (exact) mass is 330 g/mol. The lowest BCUT2D eigenvalue weighted by Gasteiger charge is -2.19. The molecule has 0 fully saturated rings. The highest BCUT2D eigenvalue weighted by Crippen LogP contribution is 2.45. The van der Waals surface area contributed by atoms with Gasteiger partial charge in [-0.1, -0.05) is 37.6 Å². The van der Waals surface area contributed by atoms with Crippen molar-refractivity contribution in [1.29, 1.82) is 0 Å². The van der Waals surface area contributed by atoms with E-state index < -0.39 is 0 Å². The first-order valence-corrected chi connectivity index (χ1v) is 7.41. The molecule has 15 heavy (non-hydrogen) atoms. The van der Waals surface area contributed by atoms with Gasteiger partial charge in [0, 0.05) is 8.82 Å². The van der Waals surface area contributed by atoms with E-state index in [1.54, 1.807) is 0 Å². The van der Waals surface area contributed by atoms with Crippen LogP contribution in [0.5, 0.6) is 0 Å². The van der Waals surface area contributed by atoms with Gasteiger partial charge >= 0.3 is 0 Å². The van der Waals surface area contributed by atoms with E-state index in [4.69, 9.17) is 0 Å². The minimum atomic E-state index is 0.651. The van der Waals surface area contributed by atoms with E-state index in [0.717, 1.165) is 5.92 Å². The fraction of sp³-hybridized carbons (Fsp3) is 0.385. The van der Waals surface area contributed by atoms with Crippen LogP contribution >= 0.6 is 34.4 Å². The molecular weight excluding hydrogens is 315 g/mol. The molecule has 80 valence electrons. The first-order chi connectivity index (χ1) is 7.33. The van der Waals surface area contributed by atoms with Crippen LogP contribution in [0.4, 0.5) is 0 Å². The molecule has 0 radical (unpaired) electrons. The number of thioether (sulfide) groups is 1. The van der Waals surface area contributed by atoms with E-state index in [9.17, 15) is 0 Å². The van der Waals surface area contributed by atoms with Crippen molar-refractivity contribution in [3.63, 3.8) is 0 Å². The summed E-state index contributed by atoms with van der Waals surface area (Å²) in [6.07, 6.45) is 4.95. The molecule has 1 heterocycles. The molecule has 0 aromatic heterocycles. The van der Waals surface area contributed by atoms with Crippen LogP contribution < -0.4 is 0 Å². The maximum absolute atomic E-state index is 2.45. The van der Waals surface area contributed by atoms with Crippen molar-refractivity contribution in [2.24, 2.45) is 5.92 Å². The van der Waals surface area contributed by atoms with E-state index in [2.05, 4.69) is 65.3 Å². The minimum absolute atomic E-state index is 0.651. The quantitative estimate of drug-likeness (QED) is 0.702. The summed E-state index contributed by atoms with van der Waals surface area (Å²) in [5.41, 5.74) is 1.51. The normalized spacial score (nSPS) is 24.7. The molecule has 2 heteroatoms. The van der Waals surface area contributed by atoms with Crippen LogP contribution in [0, 0.1) is 9.49 Å². The number of hydrogen-bond acceptors (Lipinski definition) is 1. The third-order valence-electron chi connectivity index (χ3n) is 2.77. The molecule has 0 nitrogen and oxygen atoms in total. The topological polar surface area (TPSA) is 0 Å². The fourth-order valence-electron chi connectivity index (χ4n) is 2.02. The average molecular weight is 330 g/mol. The van der Waals surface area contributed by atoms with Gasteiger partial charge < -0.3 is 0 Å². The molecule has 0 bridgehead atoms. The highest BCUT2D eigenvalue weighted by Gasteiger charge is 2.25. The minimum Gasteiger partial charge on any atom is -0.126 e. The van der Waals surface area contributed by atoms with Gasteiger partial charge in [0.25, 0.3) is 0 Å². The SMILES string of the molecule is CCCC1C=CSC1c1ccccc1I. The van der Waals surface area contributed by atoms with Gasteiger partial charge in [0.05, 0.1) is 0 Å². The second kappa shape index (κ2) is 5.39. The molecular formula is C13H15IS. The summed E-state index contributed by atoms with van der Waals surface area (Å²) in [5, 5.41) is 2.92. The zero-order valence-electron chi connectivity index (χ0n) is 8.82. The van der Waals surface area contributed by atoms with Crippen molar-refractivity contribution in [2.45, 2.75) is 25.0 Å². The van der Waals surface area contributed by atoms with E-state index in [1.807, 2.05) is 11.8 Å².